The fraction of sp³-hybridized carbons (Fsp3) is 0.250. The van der Waals surface area contributed by atoms with E-state index in [0.29, 0.717) is 15.9 Å². The molecule has 3 aromatic heterocycles. The Bertz CT molecular complexity index is 1200. The van der Waals surface area contributed by atoms with Gasteiger partial charge in [-0.3, -0.25) is 9.36 Å². The second-order valence-corrected chi connectivity index (χ2v) is 7.46. The summed E-state index contributed by atoms with van der Waals surface area (Å²) in [6, 6.07) is 1.97. The molecule has 28 heavy (non-hydrogen) atoms. The molecule has 0 atom stereocenters. The fourth-order valence-electron chi connectivity index (χ4n) is 2.93. The summed E-state index contributed by atoms with van der Waals surface area (Å²) in [6.07, 6.45) is 3.90. The number of methoxy groups -OCH3 is 1. The molecule has 0 aromatic carbocycles. The average Bonchev–Trinajstić information content (AvgIpc) is 3.01. The summed E-state index contributed by atoms with van der Waals surface area (Å²) in [5.74, 6) is -0.621. The van der Waals surface area contributed by atoms with E-state index in [4.69, 9.17) is 4.74 Å². The van der Waals surface area contributed by atoms with Gasteiger partial charge in [-0.25, -0.2) is 14.4 Å². The number of nitrogens with zero attached hydrogens (tertiary/aromatic N) is 4. The number of hydrogen-bond donors (Lipinski definition) is 0. The summed E-state index contributed by atoms with van der Waals surface area (Å²) in [5.41, 5.74) is 2.53. The number of pyridine rings is 1. The summed E-state index contributed by atoms with van der Waals surface area (Å²) < 4.78 is 21.0. The zero-order chi connectivity index (χ0) is 20.6. The number of halogens is 1. The molecule has 0 aliphatic heterocycles. The molecule has 0 spiro atoms. The Morgan fingerprint density at radius 2 is 2.14 bits per heavy atom. The molecule has 3 rings (SSSR count). The zero-order valence-corrected chi connectivity index (χ0v) is 17.2. The molecule has 0 saturated heterocycles. The van der Waals surface area contributed by atoms with E-state index in [1.165, 1.54) is 41.5 Å². The molecule has 3 aromatic rings. The van der Waals surface area contributed by atoms with Crippen molar-refractivity contribution >= 4 is 43.2 Å². The van der Waals surface area contributed by atoms with Crippen LogP contribution in [0.4, 0.5) is 10.1 Å². The van der Waals surface area contributed by atoms with E-state index in [2.05, 4.69) is 16.5 Å². The zero-order valence-electron chi connectivity index (χ0n) is 16.4. The third-order valence-corrected chi connectivity index (χ3v) is 5.36. The highest BCUT2D eigenvalue weighted by Gasteiger charge is 2.18. The maximum absolute atomic E-state index is 14.3. The van der Waals surface area contributed by atoms with Gasteiger partial charge in [0.25, 0.3) is 5.56 Å². The number of ether oxygens (including phenoxy) is 1. The van der Waals surface area contributed by atoms with Crippen LogP contribution in [0.1, 0.15) is 12.6 Å². The fourth-order valence-corrected chi connectivity index (χ4v) is 4.06. The van der Waals surface area contributed by atoms with Gasteiger partial charge >= 0.3 is 0 Å². The van der Waals surface area contributed by atoms with Crippen LogP contribution in [0.25, 0.3) is 26.1 Å². The van der Waals surface area contributed by atoms with Crippen LogP contribution in [0.2, 0.25) is 0 Å². The molecule has 0 bridgehead atoms. The van der Waals surface area contributed by atoms with Gasteiger partial charge < -0.3 is 9.64 Å². The number of fused-ring (bicyclic) bond motifs is 3. The lowest BCUT2D eigenvalue weighted by molar-refractivity contribution is 0.293. The normalized spacial score (nSPS) is 13.0. The van der Waals surface area contributed by atoms with E-state index >= 15 is 0 Å². The van der Waals surface area contributed by atoms with Crippen LogP contribution in [-0.2, 0) is 4.74 Å². The second kappa shape index (κ2) is 7.55. The van der Waals surface area contributed by atoms with E-state index in [0.717, 1.165) is 21.6 Å². The van der Waals surface area contributed by atoms with Crippen molar-refractivity contribution in [2.75, 3.05) is 26.1 Å². The SMILES string of the molecule is C=C/C(OC)=C(F)\C=C(/C)n1cnc2c(sc3nc(C)cc(N(C)C)c32)c1=O. The van der Waals surface area contributed by atoms with Gasteiger partial charge in [-0.05, 0) is 32.1 Å². The van der Waals surface area contributed by atoms with Crippen molar-refractivity contribution < 1.29 is 9.13 Å². The summed E-state index contributed by atoms with van der Waals surface area (Å²) in [6.45, 7) is 7.05. The van der Waals surface area contributed by atoms with Gasteiger partial charge in [0.15, 0.2) is 11.6 Å². The number of aromatic nitrogens is 3. The highest BCUT2D eigenvalue weighted by atomic mass is 32.1. The number of allylic oxidation sites excluding steroid dienone is 4. The third kappa shape index (κ3) is 3.31. The minimum absolute atomic E-state index is 0.00130. The highest BCUT2D eigenvalue weighted by Crippen LogP contribution is 2.36. The van der Waals surface area contributed by atoms with Crippen LogP contribution in [0.5, 0.6) is 0 Å². The standard InChI is InChI=1S/C20H21FN4O2S/c1-7-15(27-6)13(21)9-12(3)25-10-22-17-16-14(24(4)5)8-11(2)23-19(16)28-18(17)20(25)26/h7-10H,1H2,2-6H3/b12-9+,15-13-. The van der Waals surface area contributed by atoms with Crippen molar-refractivity contribution in [2.45, 2.75) is 13.8 Å². The number of hydrogen-bond acceptors (Lipinski definition) is 6. The first-order valence-electron chi connectivity index (χ1n) is 8.52. The van der Waals surface area contributed by atoms with E-state index in [1.54, 1.807) is 6.92 Å². The topological polar surface area (TPSA) is 60.2 Å². The average molecular weight is 400 g/mol. The maximum atomic E-state index is 14.3. The largest absolute Gasteiger partial charge is 0.494 e. The lowest BCUT2D eigenvalue weighted by atomic mass is 10.2. The third-order valence-electron chi connectivity index (χ3n) is 4.30. The van der Waals surface area contributed by atoms with Gasteiger partial charge in [0, 0.05) is 25.5 Å². The van der Waals surface area contributed by atoms with Crippen molar-refractivity contribution in [3.8, 4) is 0 Å². The number of anilines is 1. The molecule has 146 valence electrons. The van der Waals surface area contributed by atoms with Gasteiger partial charge in [-0.15, -0.1) is 11.3 Å². The first-order chi connectivity index (χ1) is 13.3. The molecule has 6 nitrogen and oxygen atoms in total. The molecule has 0 aliphatic rings. The highest BCUT2D eigenvalue weighted by molar-refractivity contribution is 7.25. The molecule has 0 unspecified atom stereocenters. The molecule has 0 fully saturated rings. The lowest BCUT2D eigenvalue weighted by Crippen LogP contribution is -2.18. The van der Waals surface area contributed by atoms with Crippen molar-refractivity contribution in [1.82, 2.24) is 14.5 Å². The first-order valence-corrected chi connectivity index (χ1v) is 9.33. The van der Waals surface area contributed by atoms with E-state index < -0.39 is 5.83 Å². The molecule has 0 saturated carbocycles. The van der Waals surface area contributed by atoms with Crippen LogP contribution in [-0.4, -0.2) is 35.7 Å². The van der Waals surface area contributed by atoms with Gasteiger partial charge in [-0.2, -0.15) is 0 Å². The molecule has 0 radical (unpaired) electrons. The molecular formula is C20H21FN4O2S. The van der Waals surface area contributed by atoms with Crippen LogP contribution in [0, 0.1) is 6.92 Å². The minimum atomic E-state index is -0.620. The van der Waals surface area contributed by atoms with Gasteiger partial charge in [0.05, 0.1) is 23.7 Å². The first kappa shape index (κ1) is 19.8. The van der Waals surface area contributed by atoms with Crippen molar-refractivity contribution in [2.24, 2.45) is 0 Å². The molecule has 0 aliphatic carbocycles. The summed E-state index contributed by atoms with van der Waals surface area (Å²) >= 11 is 1.29. The summed E-state index contributed by atoms with van der Waals surface area (Å²) in [5, 5.41) is 0.848. The number of aryl methyl sites for hydroxylation is 1. The van der Waals surface area contributed by atoms with Crippen LogP contribution < -0.4 is 10.5 Å². The molecule has 8 heteroatoms. The van der Waals surface area contributed by atoms with Crippen molar-refractivity contribution in [3.63, 3.8) is 0 Å². The monoisotopic (exact) mass is 400 g/mol. The summed E-state index contributed by atoms with van der Waals surface area (Å²) in [4.78, 5) is 24.8. The Morgan fingerprint density at radius 1 is 1.43 bits per heavy atom. The lowest BCUT2D eigenvalue weighted by Gasteiger charge is -2.14. The van der Waals surface area contributed by atoms with E-state index in [9.17, 15) is 9.18 Å². The van der Waals surface area contributed by atoms with E-state index in [-0.39, 0.29) is 11.3 Å². The Kier molecular flexibility index (Phi) is 5.33. The Morgan fingerprint density at radius 3 is 2.75 bits per heavy atom. The predicted molar refractivity (Wildman–Crippen MR) is 114 cm³/mol. The van der Waals surface area contributed by atoms with Crippen LogP contribution in [0.3, 0.4) is 0 Å². The summed E-state index contributed by atoms with van der Waals surface area (Å²) in [7, 11) is 5.23. The van der Waals surface area contributed by atoms with Crippen LogP contribution >= 0.6 is 11.3 Å². The Labute approximate surface area is 165 Å². The van der Waals surface area contributed by atoms with Crippen molar-refractivity contribution in [3.05, 3.63) is 58.8 Å². The van der Waals surface area contributed by atoms with Gasteiger partial charge in [0.1, 0.15) is 15.9 Å². The minimum Gasteiger partial charge on any atom is -0.494 e. The second-order valence-electron chi connectivity index (χ2n) is 6.46. The molecule has 0 amide bonds. The van der Waals surface area contributed by atoms with Gasteiger partial charge in [0.2, 0.25) is 0 Å². The predicted octanol–water partition coefficient (Wildman–Crippen LogP) is 4.25. The van der Waals surface area contributed by atoms with Gasteiger partial charge in [-0.1, -0.05) is 6.58 Å². The van der Waals surface area contributed by atoms with Crippen molar-refractivity contribution in [1.29, 1.82) is 0 Å². The van der Waals surface area contributed by atoms with Crippen LogP contribution in [0.15, 0.2) is 47.5 Å². The smallest absolute Gasteiger partial charge is 0.275 e. The molecular weight excluding hydrogens is 379 g/mol. The maximum Gasteiger partial charge on any atom is 0.275 e. The number of thiophene rings is 1. The number of rotatable bonds is 5. The quantitative estimate of drug-likeness (QED) is 0.473. The molecule has 3 heterocycles. The van der Waals surface area contributed by atoms with E-state index in [1.807, 2.05) is 32.0 Å². The molecule has 0 N–H and O–H groups in total. The Hall–Kier alpha value is -3.00. The Balaban J connectivity index is 2.27.